The summed E-state index contributed by atoms with van der Waals surface area (Å²) < 4.78 is 5.24. The lowest BCUT2D eigenvalue weighted by atomic mass is 9.99. The Hall–Kier alpha value is -1.87. The first-order valence-electron chi connectivity index (χ1n) is 6.09. The smallest absolute Gasteiger partial charge is 0.218 e. The number of hydrogen-bond donors (Lipinski definition) is 1. The summed E-state index contributed by atoms with van der Waals surface area (Å²) in [5, 5.41) is 0. The molecule has 0 saturated carbocycles. The molecule has 0 fully saturated rings. The predicted molar refractivity (Wildman–Crippen MR) is 72.6 cm³/mol. The van der Waals surface area contributed by atoms with Crippen molar-refractivity contribution < 1.29 is 4.74 Å². The van der Waals surface area contributed by atoms with Gasteiger partial charge < -0.3 is 10.5 Å². The summed E-state index contributed by atoms with van der Waals surface area (Å²) in [5.41, 5.74) is 9.55. The molecule has 1 unspecified atom stereocenters. The van der Waals surface area contributed by atoms with Crippen LogP contribution >= 0.6 is 0 Å². The van der Waals surface area contributed by atoms with Gasteiger partial charge in [0.25, 0.3) is 0 Å². The van der Waals surface area contributed by atoms with E-state index in [0.717, 1.165) is 17.5 Å². The van der Waals surface area contributed by atoms with Gasteiger partial charge in [0.05, 0.1) is 13.2 Å². The van der Waals surface area contributed by atoms with Crippen LogP contribution in [0.2, 0.25) is 0 Å². The van der Waals surface area contributed by atoms with Gasteiger partial charge in [-0.2, -0.15) is 0 Å². The number of ether oxygens (including phenoxy) is 1. The zero-order chi connectivity index (χ0) is 13.0. The highest BCUT2D eigenvalue weighted by Crippen LogP contribution is 2.26. The van der Waals surface area contributed by atoms with E-state index >= 15 is 0 Å². The molecular weight excluding hydrogens is 224 g/mol. The van der Waals surface area contributed by atoms with E-state index in [1.807, 2.05) is 12.1 Å². The minimum atomic E-state index is -0.209. The van der Waals surface area contributed by atoms with Gasteiger partial charge in [0.1, 0.15) is 0 Å². The average molecular weight is 242 g/mol. The summed E-state index contributed by atoms with van der Waals surface area (Å²) in [6, 6.07) is 12.0. The fourth-order valence-corrected chi connectivity index (χ4v) is 1.95. The molecule has 2 N–H and O–H groups in total. The number of nitrogens with two attached hydrogens (primary N) is 1. The molecular formula is C15H18N2O. The highest BCUT2D eigenvalue weighted by molar-refractivity contribution is 5.37. The molecule has 2 aromatic rings. The molecule has 0 bridgehead atoms. The highest BCUT2D eigenvalue weighted by Gasteiger charge is 2.14. The third kappa shape index (κ3) is 2.51. The van der Waals surface area contributed by atoms with Gasteiger partial charge in [0.15, 0.2) is 0 Å². The lowest BCUT2D eigenvalue weighted by Crippen LogP contribution is -2.13. The molecule has 0 aliphatic heterocycles. The topological polar surface area (TPSA) is 48.1 Å². The monoisotopic (exact) mass is 242 g/mol. The Morgan fingerprint density at radius 3 is 2.56 bits per heavy atom. The maximum Gasteiger partial charge on any atom is 0.218 e. The van der Waals surface area contributed by atoms with Crippen LogP contribution in [0.25, 0.3) is 0 Å². The van der Waals surface area contributed by atoms with E-state index in [1.165, 1.54) is 5.56 Å². The standard InChI is InChI=1S/C15H18N2O/c1-3-11-6-8-12(9-7-11)14(16)13-5-4-10-17-15(13)18-2/h4-10,14H,3,16H2,1-2H3. The summed E-state index contributed by atoms with van der Waals surface area (Å²) in [7, 11) is 1.61. The van der Waals surface area contributed by atoms with Crippen molar-refractivity contribution >= 4 is 0 Å². The Bertz CT molecular complexity index is 508. The molecule has 0 radical (unpaired) electrons. The van der Waals surface area contributed by atoms with Crippen molar-refractivity contribution in [3.05, 3.63) is 59.3 Å². The van der Waals surface area contributed by atoms with Gasteiger partial charge >= 0.3 is 0 Å². The Balaban J connectivity index is 2.31. The van der Waals surface area contributed by atoms with Crippen molar-refractivity contribution in [2.24, 2.45) is 5.73 Å². The van der Waals surface area contributed by atoms with Crippen LogP contribution in [0.1, 0.15) is 29.7 Å². The molecule has 1 aromatic heterocycles. The number of benzene rings is 1. The van der Waals surface area contributed by atoms with Crippen molar-refractivity contribution in [2.75, 3.05) is 7.11 Å². The van der Waals surface area contributed by atoms with Crippen LogP contribution in [-0.4, -0.2) is 12.1 Å². The van der Waals surface area contributed by atoms with E-state index in [2.05, 4.69) is 36.2 Å². The molecule has 1 aromatic carbocycles. The quantitative estimate of drug-likeness (QED) is 0.896. The van der Waals surface area contributed by atoms with E-state index < -0.39 is 0 Å². The Morgan fingerprint density at radius 2 is 1.94 bits per heavy atom. The Labute approximate surface area is 108 Å². The van der Waals surface area contributed by atoms with E-state index in [9.17, 15) is 0 Å². The first kappa shape index (κ1) is 12.6. The summed E-state index contributed by atoms with van der Waals surface area (Å²) in [6.07, 6.45) is 2.74. The molecule has 0 aliphatic rings. The first-order valence-corrected chi connectivity index (χ1v) is 6.09. The number of nitrogens with zero attached hydrogens (tertiary/aromatic N) is 1. The molecule has 94 valence electrons. The minimum Gasteiger partial charge on any atom is -0.481 e. The third-order valence-electron chi connectivity index (χ3n) is 3.08. The second kappa shape index (κ2) is 5.65. The fraction of sp³-hybridized carbons (Fsp3) is 0.267. The number of hydrogen-bond acceptors (Lipinski definition) is 3. The van der Waals surface area contributed by atoms with Crippen molar-refractivity contribution in [1.29, 1.82) is 0 Å². The SMILES string of the molecule is CCc1ccc(C(N)c2cccnc2OC)cc1. The molecule has 1 atom stereocenters. The third-order valence-corrected chi connectivity index (χ3v) is 3.08. The number of pyridine rings is 1. The van der Waals surface area contributed by atoms with Crippen LogP contribution in [0, 0.1) is 0 Å². The number of rotatable bonds is 4. The van der Waals surface area contributed by atoms with Gasteiger partial charge in [-0.25, -0.2) is 4.98 Å². The van der Waals surface area contributed by atoms with Crippen molar-refractivity contribution in [3.8, 4) is 5.88 Å². The van der Waals surface area contributed by atoms with Crippen molar-refractivity contribution in [2.45, 2.75) is 19.4 Å². The summed E-state index contributed by atoms with van der Waals surface area (Å²) in [6.45, 7) is 2.14. The van der Waals surface area contributed by atoms with E-state index in [0.29, 0.717) is 5.88 Å². The first-order chi connectivity index (χ1) is 8.76. The molecule has 3 nitrogen and oxygen atoms in total. The average Bonchev–Trinajstić information content (AvgIpc) is 2.46. The number of aryl methyl sites for hydroxylation is 1. The van der Waals surface area contributed by atoms with Gasteiger partial charge in [0.2, 0.25) is 5.88 Å². The second-order valence-electron chi connectivity index (χ2n) is 4.17. The molecule has 1 heterocycles. The highest BCUT2D eigenvalue weighted by atomic mass is 16.5. The van der Waals surface area contributed by atoms with E-state index in [1.54, 1.807) is 13.3 Å². The molecule has 3 heteroatoms. The largest absolute Gasteiger partial charge is 0.481 e. The van der Waals surface area contributed by atoms with Crippen molar-refractivity contribution in [1.82, 2.24) is 4.98 Å². The predicted octanol–water partition coefficient (Wildman–Crippen LogP) is 2.70. The molecule has 0 aliphatic carbocycles. The maximum atomic E-state index is 6.26. The Kier molecular flexibility index (Phi) is 3.95. The zero-order valence-corrected chi connectivity index (χ0v) is 10.8. The molecule has 0 spiro atoms. The van der Waals surface area contributed by atoms with Crippen molar-refractivity contribution in [3.63, 3.8) is 0 Å². The minimum absolute atomic E-state index is 0.209. The van der Waals surface area contributed by atoms with Gasteiger partial charge in [-0.3, -0.25) is 0 Å². The van der Waals surface area contributed by atoms with Crippen LogP contribution in [0.3, 0.4) is 0 Å². The fourth-order valence-electron chi connectivity index (χ4n) is 1.95. The summed E-state index contributed by atoms with van der Waals surface area (Å²) in [5.74, 6) is 0.588. The van der Waals surface area contributed by atoms with Crippen LogP contribution < -0.4 is 10.5 Å². The zero-order valence-electron chi connectivity index (χ0n) is 10.8. The maximum absolute atomic E-state index is 6.26. The van der Waals surface area contributed by atoms with E-state index in [4.69, 9.17) is 10.5 Å². The molecule has 0 saturated heterocycles. The second-order valence-corrected chi connectivity index (χ2v) is 4.17. The molecule has 2 rings (SSSR count). The van der Waals surface area contributed by atoms with Crippen LogP contribution in [0.4, 0.5) is 0 Å². The lowest BCUT2D eigenvalue weighted by molar-refractivity contribution is 0.390. The summed E-state index contributed by atoms with van der Waals surface area (Å²) >= 11 is 0. The molecule has 0 amide bonds. The lowest BCUT2D eigenvalue weighted by Gasteiger charge is -2.15. The summed E-state index contributed by atoms with van der Waals surface area (Å²) in [4.78, 5) is 4.18. The number of methoxy groups -OCH3 is 1. The number of aromatic nitrogens is 1. The van der Waals surface area contributed by atoms with Crippen LogP contribution in [0.15, 0.2) is 42.6 Å². The van der Waals surface area contributed by atoms with Gasteiger partial charge in [-0.05, 0) is 23.6 Å². The van der Waals surface area contributed by atoms with Crippen LogP contribution in [0.5, 0.6) is 5.88 Å². The van der Waals surface area contributed by atoms with Gasteiger partial charge in [0, 0.05) is 11.8 Å². The van der Waals surface area contributed by atoms with Crippen LogP contribution in [-0.2, 0) is 6.42 Å². The van der Waals surface area contributed by atoms with Gasteiger partial charge in [-0.1, -0.05) is 37.3 Å². The normalized spacial score (nSPS) is 12.2. The van der Waals surface area contributed by atoms with E-state index in [-0.39, 0.29) is 6.04 Å². The Morgan fingerprint density at radius 1 is 1.22 bits per heavy atom. The molecule has 18 heavy (non-hydrogen) atoms. The van der Waals surface area contributed by atoms with Gasteiger partial charge in [-0.15, -0.1) is 0 Å².